The van der Waals surface area contributed by atoms with E-state index >= 15 is 0 Å². The second kappa shape index (κ2) is 6.43. The SMILES string of the molecule is COc1ccc(C(=O)NCCOCC2CC2)c(O)c1. The second-order valence-electron chi connectivity index (χ2n) is 4.66. The number of aromatic hydroxyl groups is 1. The number of phenols is 1. The van der Waals surface area contributed by atoms with Crippen LogP contribution in [0.3, 0.4) is 0 Å². The highest BCUT2D eigenvalue weighted by Gasteiger charge is 2.20. The molecule has 1 aliphatic carbocycles. The number of methoxy groups -OCH3 is 1. The fraction of sp³-hybridized carbons (Fsp3) is 0.500. The average molecular weight is 265 g/mol. The number of nitrogens with one attached hydrogen (secondary N) is 1. The molecular formula is C14H19NO4. The van der Waals surface area contributed by atoms with E-state index < -0.39 is 0 Å². The normalized spacial score (nSPS) is 14.2. The van der Waals surface area contributed by atoms with E-state index in [1.165, 1.54) is 32.1 Å². The number of carbonyl (C=O) groups is 1. The number of benzene rings is 1. The first-order valence-corrected chi connectivity index (χ1v) is 6.43. The van der Waals surface area contributed by atoms with Crippen LogP contribution < -0.4 is 10.1 Å². The Morgan fingerprint density at radius 3 is 2.89 bits per heavy atom. The van der Waals surface area contributed by atoms with Crippen LogP contribution in [0.5, 0.6) is 11.5 Å². The standard InChI is InChI=1S/C14H19NO4/c1-18-11-4-5-12(13(16)8-11)14(17)15-6-7-19-9-10-2-3-10/h4-5,8,10,16H,2-3,6-7,9H2,1H3,(H,15,17). The Morgan fingerprint density at radius 2 is 2.26 bits per heavy atom. The number of hydrogen-bond acceptors (Lipinski definition) is 4. The summed E-state index contributed by atoms with van der Waals surface area (Å²) in [5.41, 5.74) is 0.239. The molecule has 0 saturated heterocycles. The van der Waals surface area contributed by atoms with Crippen molar-refractivity contribution >= 4 is 5.91 Å². The highest BCUT2D eigenvalue weighted by Crippen LogP contribution is 2.28. The summed E-state index contributed by atoms with van der Waals surface area (Å²) in [5, 5.41) is 12.4. The van der Waals surface area contributed by atoms with Crippen molar-refractivity contribution in [3.05, 3.63) is 23.8 Å². The van der Waals surface area contributed by atoms with Gasteiger partial charge in [-0.3, -0.25) is 4.79 Å². The van der Waals surface area contributed by atoms with Crippen molar-refractivity contribution < 1.29 is 19.4 Å². The van der Waals surface area contributed by atoms with E-state index in [9.17, 15) is 9.90 Å². The van der Waals surface area contributed by atoms with Gasteiger partial charge < -0.3 is 19.9 Å². The zero-order chi connectivity index (χ0) is 13.7. The molecule has 104 valence electrons. The summed E-state index contributed by atoms with van der Waals surface area (Å²) < 4.78 is 10.4. The molecule has 1 aliphatic rings. The van der Waals surface area contributed by atoms with Gasteiger partial charge in [-0.05, 0) is 30.9 Å². The van der Waals surface area contributed by atoms with Gasteiger partial charge in [0.15, 0.2) is 0 Å². The van der Waals surface area contributed by atoms with Gasteiger partial charge in [0.05, 0.1) is 19.3 Å². The number of carbonyl (C=O) groups excluding carboxylic acids is 1. The highest BCUT2D eigenvalue weighted by atomic mass is 16.5. The molecule has 5 nitrogen and oxygen atoms in total. The zero-order valence-corrected chi connectivity index (χ0v) is 11.0. The van der Waals surface area contributed by atoms with Crippen molar-refractivity contribution in [1.29, 1.82) is 0 Å². The molecule has 2 N–H and O–H groups in total. The second-order valence-corrected chi connectivity index (χ2v) is 4.66. The molecule has 0 radical (unpaired) electrons. The first kappa shape index (κ1) is 13.7. The minimum absolute atomic E-state index is 0.0873. The van der Waals surface area contributed by atoms with Crippen LogP contribution in [0.25, 0.3) is 0 Å². The number of rotatable bonds is 7. The molecule has 19 heavy (non-hydrogen) atoms. The van der Waals surface area contributed by atoms with Gasteiger partial charge in [-0.15, -0.1) is 0 Å². The summed E-state index contributed by atoms with van der Waals surface area (Å²) in [7, 11) is 1.51. The van der Waals surface area contributed by atoms with Crippen LogP contribution in [-0.4, -0.2) is 37.9 Å². The minimum atomic E-state index is -0.310. The van der Waals surface area contributed by atoms with Gasteiger partial charge in [0, 0.05) is 19.2 Å². The Kier molecular flexibility index (Phi) is 4.63. The van der Waals surface area contributed by atoms with E-state index in [4.69, 9.17) is 9.47 Å². The lowest BCUT2D eigenvalue weighted by Crippen LogP contribution is -2.27. The Labute approximate surface area is 112 Å². The van der Waals surface area contributed by atoms with Crippen LogP contribution in [0, 0.1) is 5.92 Å². The lowest BCUT2D eigenvalue weighted by Gasteiger charge is -2.08. The van der Waals surface area contributed by atoms with Crippen molar-refractivity contribution in [2.75, 3.05) is 26.9 Å². The maximum absolute atomic E-state index is 11.8. The molecule has 0 spiro atoms. The largest absolute Gasteiger partial charge is 0.507 e. The van der Waals surface area contributed by atoms with Crippen molar-refractivity contribution in [3.63, 3.8) is 0 Å². The maximum atomic E-state index is 11.8. The summed E-state index contributed by atoms with van der Waals surface area (Å²) in [6, 6.07) is 4.59. The molecule has 2 rings (SSSR count). The Morgan fingerprint density at radius 1 is 1.47 bits per heavy atom. The van der Waals surface area contributed by atoms with E-state index in [2.05, 4.69) is 5.32 Å². The average Bonchev–Trinajstić information content (AvgIpc) is 3.22. The number of amides is 1. The van der Waals surface area contributed by atoms with Crippen molar-refractivity contribution in [2.45, 2.75) is 12.8 Å². The third-order valence-electron chi connectivity index (χ3n) is 3.03. The Balaban J connectivity index is 1.75. The summed E-state index contributed by atoms with van der Waals surface area (Å²) in [6.45, 7) is 1.72. The lowest BCUT2D eigenvalue weighted by molar-refractivity contribution is 0.0904. The molecule has 5 heteroatoms. The quantitative estimate of drug-likeness (QED) is 0.734. The number of ether oxygens (including phenoxy) is 2. The summed E-state index contributed by atoms with van der Waals surface area (Å²) in [6.07, 6.45) is 2.51. The van der Waals surface area contributed by atoms with Gasteiger partial charge in [0.25, 0.3) is 5.91 Å². The van der Waals surface area contributed by atoms with Gasteiger partial charge in [-0.1, -0.05) is 0 Å². The fourth-order valence-corrected chi connectivity index (χ4v) is 1.70. The summed E-state index contributed by atoms with van der Waals surface area (Å²) >= 11 is 0. The predicted octanol–water partition coefficient (Wildman–Crippen LogP) is 1.56. The molecule has 1 aromatic carbocycles. The minimum Gasteiger partial charge on any atom is -0.507 e. The van der Waals surface area contributed by atoms with Crippen molar-refractivity contribution in [1.82, 2.24) is 5.32 Å². The Hall–Kier alpha value is -1.75. The van der Waals surface area contributed by atoms with Gasteiger partial charge in [0.2, 0.25) is 0 Å². The molecule has 0 unspecified atom stereocenters. The third kappa shape index (κ3) is 4.13. The van der Waals surface area contributed by atoms with E-state index in [-0.39, 0.29) is 17.2 Å². The van der Waals surface area contributed by atoms with Crippen LogP contribution in [-0.2, 0) is 4.74 Å². The fourth-order valence-electron chi connectivity index (χ4n) is 1.70. The van der Waals surface area contributed by atoms with Crippen LogP contribution in [0.1, 0.15) is 23.2 Å². The molecule has 0 aliphatic heterocycles. The maximum Gasteiger partial charge on any atom is 0.255 e. The smallest absolute Gasteiger partial charge is 0.255 e. The first-order valence-electron chi connectivity index (χ1n) is 6.43. The molecule has 0 aromatic heterocycles. The number of hydrogen-bond donors (Lipinski definition) is 2. The molecule has 1 saturated carbocycles. The predicted molar refractivity (Wildman–Crippen MR) is 70.5 cm³/mol. The van der Waals surface area contributed by atoms with Gasteiger partial charge in [-0.25, -0.2) is 0 Å². The van der Waals surface area contributed by atoms with Gasteiger partial charge >= 0.3 is 0 Å². The van der Waals surface area contributed by atoms with Crippen LogP contribution in [0.15, 0.2) is 18.2 Å². The molecule has 1 aromatic rings. The molecule has 1 fully saturated rings. The molecule has 1 amide bonds. The lowest BCUT2D eigenvalue weighted by atomic mass is 10.2. The van der Waals surface area contributed by atoms with Crippen molar-refractivity contribution in [2.24, 2.45) is 5.92 Å². The summed E-state index contributed by atoms with van der Waals surface area (Å²) in [5.74, 6) is 0.842. The number of phenolic OH excluding ortho intramolecular Hbond substituents is 1. The van der Waals surface area contributed by atoms with Crippen molar-refractivity contribution in [3.8, 4) is 11.5 Å². The highest BCUT2D eigenvalue weighted by molar-refractivity contribution is 5.96. The summed E-state index contributed by atoms with van der Waals surface area (Å²) in [4.78, 5) is 11.8. The molecule has 0 bridgehead atoms. The van der Waals surface area contributed by atoms with E-state index in [1.807, 2.05) is 0 Å². The molecular weight excluding hydrogens is 246 g/mol. The van der Waals surface area contributed by atoms with Crippen LogP contribution >= 0.6 is 0 Å². The monoisotopic (exact) mass is 265 g/mol. The van der Waals surface area contributed by atoms with E-state index in [0.29, 0.717) is 18.9 Å². The topological polar surface area (TPSA) is 67.8 Å². The van der Waals surface area contributed by atoms with Crippen LogP contribution in [0.4, 0.5) is 0 Å². The molecule has 0 atom stereocenters. The van der Waals surface area contributed by atoms with E-state index in [1.54, 1.807) is 6.07 Å². The first-order chi connectivity index (χ1) is 9.20. The Bertz CT molecular complexity index is 443. The van der Waals surface area contributed by atoms with Gasteiger partial charge in [0.1, 0.15) is 11.5 Å². The van der Waals surface area contributed by atoms with Crippen LogP contribution in [0.2, 0.25) is 0 Å². The van der Waals surface area contributed by atoms with E-state index in [0.717, 1.165) is 12.5 Å². The zero-order valence-electron chi connectivity index (χ0n) is 11.0. The third-order valence-corrected chi connectivity index (χ3v) is 3.03. The molecule has 0 heterocycles. The van der Waals surface area contributed by atoms with Gasteiger partial charge in [-0.2, -0.15) is 0 Å².